The number of rotatable bonds is 15. The highest BCUT2D eigenvalue weighted by Gasteiger charge is 2.07. The largest absolute Gasteiger partial charge is 0.484 e. The SMILES string of the molecule is CC.CC.CCCCCCCCCCCCCCOc1ccc(C(=O)O)s1. The van der Waals surface area contributed by atoms with Crippen LogP contribution in [0, 0.1) is 0 Å². The molecule has 0 unspecified atom stereocenters. The molecule has 0 aliphatic heterocycles. The number of carboxylic acid groups (broad SMARTS) is 1. The molecule has 0 atom stereocenters. The minimum Gasteiger partial charge on any atom is -0.484 e. The van der Waals surface area contributed by atoms with Gasteiger partial charge in [-0.05, 0) is 18.6 Å². The van der Waals surface area contributed by atoms with Gasteiger partial charge in [-0.25, -0.2) is 4.79 Å². The number of unbranched alkanes of at least 4 members (excludes halogenated alkanes) is 11. The van der Waals surface area contributed by atoms with E-state index in [0.717, 1.165) is 6.42 Å². The molecule has 0 aromatic carbocycles. The first kappa shape index (κ1) is 28.2. The van der Waals surface area contributed by atoms with Crippen LogP contribution in [0.3, 0.4) is 0 Å². The van der Waals surface area contributed by atoms with Crippen LogP contribution in [0.1, 0.15) is 121 Å². The summed E-state index contributed by atoms with van der Waals surface area (Å²) >= 11 is 1.20. The van der Waals surface area contributed by atoms with Crippen molar-refractivity contribution in [2.45, 2.75) is 112 Å². The first-order valence-electron chi connectivity index (χ1n) is 11.2. The van der Waals surface area contributed by atoms with E-state index in [-0.39, 0.29) is 0 Å². The summed E-state index contributed by atoms with van der Waals surface area (Å²) in [6.07, 6.45) is 16.0. The van der Waals surface area contributed by atoms with Gasteiger partial charge in [0.25, 0.3) is 0 Å². The van der Waals surface area contributed by atoms with E-state index in [0.29, 0.717) is 16.5 Å². The van der Waals surface area contributed by atoms with Crippen molar-refractivity contribution < 1.29 is 14.6 Å². The molecule has 0 bridgehead atoms. The Morgan fingerprint density at radius 3 is 1.67 bits per heavy atom. The average molecular weight is 401 g/mol. The molecule has 1 N–H and O–H groups in total. The molecule has 0 radical (unpaired) electrons. The van der Waals surface area contributed by atoms with E-state index in [2.05, 4.69) is 6.92 Å². The zero-order chi connectivity index (χ0) is 20.8. The fourth-order valence-corrected chi connectivity index (χ4v) is 3.35. The Bertz CT molecular complexity index is 416. The van der Waals surface area contributed by atoms with Crippen molar-refractivity contribution in [3.63, 3.8) is 0 Å². The molecule has 0 saturated carbocycles. The van der Waals surface area contributed by atoms with Crippen molar-refractivity contribution in [2.75, 3.05) is 6.61 Å². The van der Waals surface area contributed by atoms with E-state index >= 15 is 0 Å². The van der Waals surface area contributed by atoms with Crippen molar-refractivity contribution in [1.82, 2.24) is 0 Å². The molecule has 1 aromatic heterocycles. The van der Waals surface area contributed by atoms with Crippen LogP contribution in [-0.4, -0.2) is 17.7 Å². The molecule has 0 spiro atoms. The zero-order valence-corrected chi connectivity index (χ0v) is 19.3. The van der Waals surface area contributed by atoms with Crippen molar-refractivity contribution >= 4 is 17.3 Å². The van der Waals surface area contributed by atoms with E-state index in [1.54, 1.807) is 12.1 Å². The molecule has 4 heteroatoms. The van der Waals surface area contributed by atoms with Gasteiger partial charge < -0.3 is 9.84 Å². The van der Waals surface area contributed by atoms with Crippen LogP contribution in [0.4, 0.5) is 0 Å². The van der Waals surface area contributed by atoms with Gasteiger partial charge in [-0.2, -0.15) is 0 Å². The van der Waals surface area contributed by atoms with Crippen LogP contribution in [0.15, 0.2) is 12.1 Å². The predicted molar refractivity (Wildman–Crippen MR) is 121 cm³/mol. The van der Waals surface area contributed by atoms with Crippen molar-refractivity contribution in [2.24, 2.45) is 0 Å². The van der Waals surface area contributed by atoms with Crippen LogP contribution in [-0.2, 0) is 0 Å². The lowest BCUT2D eigenvalue weighted by Crippen LogP contribution is -1.95. The number of thiophene rings is 1. The number of carboxylic acids is 1. The molecular formula is C23H44O3S. The van der Waals surface area contributed by atoms with Crippen molar-refractivity contribution in [3.8, 4) is 5.06 Å². The smallest absolute Gasteiger partial charge is 0.345 e. The molecule has 0 saturated heterocycles. The Morgan fingerprint density at radius 2 is 1.26 bits per heavy atom. The van der Waals surface area contributed by atoms with Gasteiger partial charge in [-0.3, -0.25) is 0 Å². The Labute approximate surface area is 172 Å². The van der Waals surface area contributed by atoms with Crippen LogP contribution in [0.25, 0.3) is 0 Å². The number of hydrogen-bond acceptors (Lipinski definition) is 3. The highest BCUT2D eigenvalue weighted by atomic mass is 32.1. The second-order valence-corrected chi connectivity index (χ2v) is 7.21. The highest BCUT2D eigenvalue weighted by molar-refractivity contribution is 7.15. The van der Waals surface area contributed by atoms with Gasteiger partial charge in [0.15, 0.2) is 5.06 Å². The summed E-state index contributed by atoms with van der Waals surface area (Å²) in [6.45, 7) is 11.0. The third-order valence-corrected chi connectivity index (χ3v) is 5.02. The molecule has 1 rings (SSSR count). The lowest BCUT2D eigenvalue weighted by Gasteiger charge is -2.04. The standard InChI is InChI=1S/C19H32O3S.2C2H6/c1-2-3-4-5-6-7-8-9-10-11-12-13-16-22-18-15-14-17(23-18)19(20)21;2*1-2/h14-15H,2-13,16H2,1H3,(H,20,21);2*1-2H3. The summed E-state index contributed by atoms with van der Waals surface area (Å²) in [5, 5.41) is 9.55. The first-order valence-corrected chi connectivity index (χ1v) is 12.0. The number of carbonyl (C=O) groups is 1. The van der Waals surface area contributed by atoms with Gasteiger partial charge in [-0.1, -0.05) is 117 Å². The van der Waals surface area contributed by atoms with Gasteiger partial charge in [0.1, 0.15) is 4.88 Å². The molecule has 1 heterocycles. The topological polar surface area (TPSA) is 46.5 Å². The van der Waals surface area contributed by atoms with E-state index in [4.69, 9.17) is 9.84 Å². The van der Waals surface area contributed by atoms with Gasteiger partial charge in [0, 0.05) is 0 Å². The fourth-order valence-electron chi connectivity index (χ4n) is 2.63. The van der Waals surface area contributed by atoms with Crippen LogP contribution in [0.2, 0.25) is 0 Å². The quantitative estimate of drug-likeness (QED) is 0.300. The molecule has 160 valence electrons. The summed E-state index contributed by atoms with van der Waals surface area (Å²) in [7, 11) is 0. The van der Waals surface area contributed by atoms with Crippen molar-refractivity contribution in [1.29, 1.82) is 0 Å². The molecule has 3 nitrogen and oxygen atoms in total. The van der Waals surface area contributed by atoms with Gasteiger partial charge >= 0.3 is 5.97 Å². The number of hydrogen-bond donors (Lipinski definition) is 1. The third-order valence-electron chi connectivity index (χ3n) is 4.03. The molecule has 0 aliphatic carbocycles. The summed E-state index contributed by atoms with van der Waals surface area (Å²) in [4.78, 5) is 11.1. The predicted octanol–water partition coefficient (Wildman–Crippen LogP) is 8.58. The van der Waals surface area contributed by atoms with E-state index < -0.39 is 5.97 Å². The fraction of sp³-hybridized carbons (Fsp3) is 0.783. The third kappa shape index (κ3) is 18.1. The maximum Gasteiger partial charge on any atom is 0.345 e. The monoisotopic (exact) mass is 400 g/mol. The molecular weight excluding hydrogens is 356 g/mol. The first-order chi connectivity index (χ1) is 13.2. The maximum atomic E-state index is 10.8. The normalized spacial score (nSPS) is 9.67. The number of aromatic carboxylic acids is 1. The van der Waals surface area contributed by atoms with Crippen LogP contribution >= 0.6 is 11.3 Å². The second kappa shape index (κ2) is 23.0. The Kier molecular flexibility index (Phi) is 24.0. The van der Waals surface area contributed by atoms with Gasteiger partial charge in [-0.15, -0.1) is 0 Å². The minimum atomic E-state index is -0.879. The second-order valence-electron chi connectivity index (χ2n) is 6.16. The molecule has 1 aromatic rings. The van der Waals surface area contributed by atoms with E-state index in [1.807, 2.05) is 27.7 Å². The number of ether oxygens (including phenoxy) is 1. The molecule has 0 fully saturated rings. The Balaban J connectivity index is 0. The Morgan fingerprint density at radius 1 is 0.815 bits per heavy atom. The lowest BCUT2D eigenvalue weighted by molar-refractivity contribution is 0.0702. The molecule has 0 aliphatic rings. The van der Waals surface area contributed by atoms with Crippen molar-refractivity contribution in [3.05, 3.63) is 17.0 Å². The lowest BCUT2D eigenvalue weighted by atomic mass is 10.1. The molecule has 0 amide bonds. The summed E-state index contributed by atoms with van der Waals surface area (Å²) < 4.78 is 5.58. The minimum absolute atomic E-state index is 0.342. The summed E-state index contributed by atoms with van der Waals surface area (Å²) in [5.74, 6) is -0.879. The summed E-state index contributed by atoms with van der Waals surface area (Å²) in [6, 6.07) is 3.35. The average Bonchev–Trinajstić information content (AvgIpc) is 3.18. The zero-order valence-electron chi connectivity index (χ0n) is 18.5. The Hall–Kier alpha value is -1.03. The van der Waals surface area contributed by atoms with Crippen LogP contribution < -0.4 is 4.74 Å². The highest BCUT2D eigenvalue weighted by Crippen LogP contribution is 2.24. The van der Waals surface area contributed by atoms with Gasteiger partial charge in [0.2, 0.25) is 0 Å². The molecule has 27 heavy (non-hydrogen) atoms. The van der Waals surface area contributed by atoms with Gasteiger partial charge in [0.05, 0.1) is 6.61 Å². The summed E-state index contributed by atoms with van der Waals surface area (Å²) in [5.41, 5.74) is 0. The van der Waals surface area contributed by atoms with E-state index in [9.17, 15) is 4.79 Å². The van der Waals surface area contributed by atoms with Crippen LogP contribution in [0.5, 0.6) is 5.06 Å². The maximum absolute atomic E-state index is 10.8. The van der Waals surface area contributed by atoms with E-state index in [1.165, 1.54) is 82.0 Å².